The molecule has 2 unspecified atom stereocenters. The van der Waals surface area contributed by atoms with Crippen molar-refractivity contribution in [3.8, 4) is 51.0 Å². The van der Waals surface area contributed by atoms with Crippen LogP contribution in [0.15, 0.2) is 200 Å². The molecule has 2 aliphatic rings. The Hall–Kier alpha value is -7.73. The Balaban J connectivity index is 0.926. The number of hydrogen-bond donors (Lipinski definition) is 0. The second-order valence-corrected chi connectivity index (χ2v) is 17.3. The molecule has 5 heteroatoms. The Kier molecular flexibility index (Phi) is 7.87. The Bertz CT molecular complexity index is 3700. The number of benzene rings is 9. The summed E-state index contributed by atoms with van der Waals surface area (Å²) in [5, 5.41) is 9.55. The highest BCUT2D eigenvalue weighted by Crippen LogP contribution is 2.48. The molecule has 11 aromatic rings. The number of ether oxygens (including phenoxy) is 1. The molecule has 9 aromatic carbocycles. The predicted molar refractivity (Wildman–Crippen MR) is 258 cm³/mol. The fourth-order valence-electron chi connectivity index (χ4n) is 9.62. The average molecular weight is 810 g/mol. The van der Waals surface area contributed by atoms with Gasteiger partial charge in [-0.3, -0.25) is 0 Å². The molecule has 13 rings (SSSR count). The lowest BCUT2D eigenvalue weighted by molar-refractivity contribution is 0.269. The van der Waals surface area contributed by atoms with Crippen LogP contribution in [0.5, 0.6) is 5.75 Å². The molecule has 0 N–H and O–H groups in total. The van der Waals surface area contributed by atoms with Gasteiger partial charge in [0.15, 0.2) is 17.5 Å². The molecule has 62 heavy (non-hydrogen) atoms. The molecule has 290 valence electrons. The standard InChI is InChI=1S/C57H35N3OS/c1-2-10-34(11-3-1)38-27-29-50-49(33-38)53-45(15-9-18-51(53)61-50)40-24-21-37-31-41(25-22-36(37)30-40)55-58-56(42-26-28-44-39(32-42)23-20-35-12-4-5-13-43(35)44)60-57(59-55)48-17-8-16-47-46-14-6-7-19-52(46)62-54(47)48/h1-33,49-50H. The fourth-order valence-corrected chi connectivity index (χ4v) is 10.8. The van der Waals surface area contributed by atoms with E-state index in [1.54, 1.807) is 11.3 Å². The third kappa shape index (κ3) is 5.70. The number of fused-ring (bicyclic) bond motifs is 10. The topological polar surface area (TPSA) is 47.9 Å². The van der Waals surface area contributed by atoms with Gasteiger partial charge in [0.2, 0.25) is 0 Å². The number of aromatic nitrogens is 3. The van der Waals surface area contributed by atoms with E-state index in [0.717, 1.165) is 38.6 Å². The first kappa shape index (κ1) is 35.1. The molecule has 0 saturated carbocycles. The summed E-state index contributed by atoms with van der Waals surface area (Å²) in [6.07, 6.45) is 6.77. The molecule has 3 heterocycles. The van der Waals surface area contributed by atoms with Crippen molar-refractivity contribution in [3.05, 3.63) is 211 Å². The van der Waals surface area contributed by atoms with E-state index in [4.69, 9.17) is 19.7 Å². The molecular weight excluding hydrogens is 775 g/mol. The zero-order valence-corrected chi connectivity index (χ0v) is 34.2. The van der Waals surface area contributed by atoms with E-state index >= 15 is 0 Å². The van der Waals surface area contributed by atoms with Crippen LogP contribution in [0.3, 0.4) is 0 Å². The van der Waals surface area contributed by atoms with E-state index in [0.29, 0.717) is 17.5 Å². The van der Waals surface area contributed by atoms with Crippen molar-refractivity contribution < 1.29 is 4.74 Å². The molecule has 1 aliphatic heterocycles. The number of thiophene rings is 1. The molecule has 0 fully saturated rings. The first-order chi connectivity index (χ1) is 30.7. The molecule has 2 atom stereocenters. The summed E-state index contributed by atoms with van der Waals surface area (Å²) >= 11 is 1.79. The van der Waals surface area contributed by atoms with Gasteiger partial charge in [-0.15, -0.1) is 11.3 Å². The van der Waals surface area contributed by atoms with E-state index in [9.17, 15) is 0 Å². The van der Waals surface area contributed by atoms with Crippen molar-refractivity contribution >= 4 is 69.4 Å². The molecule has 1 aliphatic carbocycles. The second-order valence-electron chi connectivity index (χ2n) is 16.3. The SMILES string of the molecule is C1=CC2Oc3cccc(-c4ccc5cc(-c6nc(-c7ccc8c(ccc9ccccc98)c7)nc(-c7cccc8c7sc7ccccc78)n6)ccc5c4)c3C2C=C1c1ccccc1. The summed E-state index contributed by atoms with van der Waals surface area (Å²) in [5.74, 6) is 3.04. The van der Waals surface area contributed by atoms with Crippen molar-refractivity contribution in [3.63, 3.8) is 0 Å². The van der Waals surface area contributed by atoms with Crippen molar-refractivity contribution in [2.45, 2.75) is 12.0 Å². The predicted octanol–water partition coefficient (Wildman–Crippen LogP) is 14.9. The summed E-state index contributed by atoms with van der Waals surface area (Å²) < 4.78 is 8.94. The van der Waals surface area contributed by atoms with E-state index in [-0.39, 0.29) is 12.0 Å². The van der Waals surface area contributed by atoms with Gasteiger partial charge in [-0.05, 0) is 97.1 Å². The maximum absolute atomic E-state index is 6.52. The Morgan fingerprint density at radius 1 is 0.435 bits per heavy atom. The monoisotopic (exact) mass is 809 g/mol. The highest BCUT2D eigenvalue weighted by Gasteiger charge is 2.35. The van der Waals surface area contributed by atoms with Gasteiger partial charge in [0.05, 0.1) is 0 Å². The minimum atomic E-state index is -0.0166. The van der Waals surface area contributed by atoms with Gasteiger partial charge in [0.25, 0.3) is 0 Å². The maximum atomic E-state index is 6.52. The molecule has 4 nitrogen and oxygen atoms in total. The van der Waals surface area contributed by atoms with Gasteiger partial charge >= 0.3 is 0 Å². The van der Waals surface area contributed by atoms with E-state index in [1.807, 2.05) is 0 Å². The molecule has 2 aromatic heterocycles. The summed E-state index contributed by atoms with van der Waals surface area (Å²) in [6, 6.07) is 64.9. The van der Waals surface area contributed by atoms with Gasteiger partial charge in [0.1, 0.15) is 11.9 Å². The Labute approximate surface area is 361 Å². The normalized spacial score (nSPS) is 15.6. The zero-order valence-electron chi connectivity index (χ0n) is 33.4. The third-order valence-electron chi connectivity index (χ3n) is 12.6. The van der Waals surface area contributed by atoms with Gasteiger partial charge in [0, 0.05) is 48.3 Å². The van der Waals surface area contributed by atoms with Crippen molar-refractivity contribution in [1.29, 1.82) is 0 Å². The van der Waals surface area contributed by atoms with Gasteiger partial charge < -0.3 is 4.74 Å². The van der Waals surface area contributed by atoms with E-state index in [2.05, 4.69) is 200 Å². The molecule has 0 spiro atoms. The maximum Gasteiger partial charge on any atom is 0.165 e. The van der Waals surface area contributed by atoms with Crippen molar-refractivity contribution in [2.75, 3.05) is 0 Å². The van der Waals surface area contributed by atoms with Crippen LogP contribution in [0.1, 0.15) is 17.0 Å². The van der Waals surface area contributed by atoms with E-state index < -0.39 is 0 Å². The third-order valence-corrected chi connectivity index (χ3v) is 13.9. The minimum absolute atomic E-state index is 0.0166. The zero-order chi connectivity index (χ0) is 40.7. The molecule has 0 saturated heterocycles. The Morgan fingerprint density at radius 3 is 1.94 bits per heavy atom. The van der Waals surface area contributed by atoms with Crippen molar-refractivity contribution in [1.82, 2.24) is 15.0 Å². The van der Waals surface area contributed by atoms with Crippen LogP contribution in [-0.4, -0.2) is 21.1 Å². The fraction of sp³-hybridized carbons (Fsp3) is 0.0351. The van der Waals surface area contributed by atoms with Crippen LogP contribution in [0.4, 0.5) is 0 Å². The lowest BCUT2D eigenvalue weighted by Gasteiger charge is -2.20. The molecule has 0 radical (unpaired) electrons. The average Bonchev–Trinajstić information content (AvgIpc) is 3.92. The van der Waals surface area contributed by atoms with Gasteiger partial charge in [-0.1, -0.05) is 158 Å². The Morgan fingerprint density at radius 2 is 1.06 bits per heavy atom. The van der Waals surface area contributed by atoms with Crippen molar-refractivity contribution in [2.24, 2.45) is 0 Å². The molecular formula is C57H35N3OS. The van der Waals surface area contributed by atoms with Gasteiger partial charge in [-0.2, -0.15) is 0 Å². The van der Waals surface area contributed by atoms with Gasteiger partial charge in [-0.25, -0.2) is 15.0 Å². The number of rotatable bonds is 5. The summed E-state index contributed by atoms with van der Waals surface area (Å²) in [6.45, 7) is 0. The first-order valence-corrected chi connectivity index (χ1v) is 21.9. The summed E-state index contributed by atoms with van der Waals surface area (Å²) in [4.78, 5) is 15.7. The minimum Gasteiger partial charge on any atom is -0.485 e. The van der Waals surface area contributed by atoms with E-state index in [1.165, 1.54) is 64.2 Å². The van der Waals surface area contributed by atoms with Crippen LogP contribution in [-0.2, 0) is 0 Å². The largest absolute Gasteiger partial charge is 0.485 e. The highest BCUT2D eigenvalue weighted by atomic mass is 32.1. The summed E-state index contributed by atoms with van der Waals surface area (Å²) in [5.41, 5.74) is 8.95. The number of allylic oxidation sites excluding steroid dienone is 2. The second kappa shape index (κ2) is 13.9. The lowest BCUT2D eigenvalue weighted by Crippen LogP contribution is -2.17. The number of hydrogen-bond acceptors (Lipinski definition) is 5. The molecule has 0 bridgehead atoms. The lowest BCUT2D eigenvalue weighted by atomic mass is 9.83. The smallest absolute Gasteiger partial charge is 0.165 e. The first-order valence-electron chi connectivity index (χ1n) is 21.1. The summed E-state index contributed by atoms with van der Waals surface area (Å²) in [7, 11) is 0. The van der Waals surface area contributed by atoms with Crippen LogP contribution < -0.4 is 4.74 Å². The van der Waals surface area contributed by atoms with Crippen LogP contribution in [0, 0.1) is 0 Å². The quantitative estimate of drug-likeness (QED) is 0.163. The van der Waals surface area contributed by atoms with Crippen LogP contribution in [0.2, 0.25) is 0 Å². The van der Waals surface area contributed by atoms with Crippen LogP contribution in [0.25, 0.3) is 103 Å². The highest BCUT2D eigenvalue weighted by molar-refractivity contribution is 7.26. The number of nitrogens with zero attached hydrogens (tertiary/aromatic N) is 3. The molecule has 0 amide bonds. The van der Waals surface area contributed by atoms with Crippen LogP contribution >= 0.6 is 11.3 Å².